The highest BCUT2D eigenvalue weighted by Gasteiger charge is 2.24. The number of carbonyl (C=O) groups is 2. The molecule has 2 aromatic carbocycles. The largest absolute Gasteiger partial charge is 0.490 e. The summed E-state index contributed by atoms with van der Waals surface area (Å²) >= 11 is 0. The number of benzene rings is 2. The molecule has 2 aromatic rings. The number of carbonyl (C=O) groups excluding carboxylic acids is 2. The predicted molar refractivity (Wildman–Crippen MR) is 142 cm³/mol. The first-order chi connectivity index (χ1) is 18.0. The third kappa shape index (κ3) is 7.02. The van der Waals surface area contributed by atoms with Gasteiger partial charge in [-0.3, -0.25) is 10.1 Å². The van der Waals surface area contributed by atoms with E-state index in [-0.39, 0.29) is 18.1 Å². The molecular formula is C28H36N4O5. The highest BCUT2D eigenvalue weighted by atomic mass is 16.6. The lowest BCUT2D eigenvalue weighted by atomic mass is 10.0. The van der Waals surface area contributed by atoms with Crippen LogP contribution in [0.25, 0.3) is 0 Å². The van der Waals surface area contributed by atoms with Crippen molar-refractivity contribution in [2.24, 2.45) is 0 Å². The molecule has 2 N–H and O–H groups in total. The average molecular weight is 509 g/mol. The van der Waals surface area contributed by atoms with Gasteiger partial charge in [-0.05, 0) is 82.1 Å². The Morgan fingerprint density at radius 3 is 2.41 bits per heavy atom. The molecule has 0 bridgehead atoms. The number of nitrogens with zero attached hydrogens (tertiary/aromatic N) is 2. The monoisotopic (exact) mass is 508 g/mol. The Balaban J connectivity index is 1.35. The molecule has 0 spiro atoms. The van der Waals surface area contributed by atoms with Gasteiger partial charge >= 0.3 is 6.09 Å². The first kappa shape index (κ1) is 26.5. The summed E-state index contributed by atoms with van der Waals surface area (Å²) in [5, 5.41) is 4.24. The Morgan fingerprint density at radius 1 is 1.00 bits per heavy atom. The van der Waals surface area contributed by atoms with Crippen molar-refractivity contribution in [3.63, 3.8) is 0 Å². The second-order valence-corrected chi connectivity index (χ2v) is 9.16. The van der Waals surface area contributed by atoms with E-state index in [2.05, 4.69) is 22.7 Å². The van der Waals surface area contributed by atoms with E-state index in [4.69, 9.17) is 14.2 Å². The number of nitrogens with one attached hydrogen (secondary N) is 2. The molecule has 0 aliphatic carbocycles. The lowest BCUT2D eigenvalue weighted by Gasteiger charge is -2.30. The van der Waals surface area contributed by atoms with Gasteiger partial charge in [0, 0.05) is 30.5 Å². The van der Waals surface area contributed by atoms with Gasteiger partial charge in [-0.15, -0.1) is 0 Å². The molecule has 2 heterocycles. The molecule has 4 rings (SSSR count). The zero-order valence-electron chi connectivity index (χ0n) is 21.7. The van der Waals surface area contributed by atoms with Gasteiger partial charge in [-0.1, -0.05) is 12.1 Å². The van der Waals surface area contributed by atoms with E-state index in [9.17, 15) is 9.59 Å². The molecule has 9 nitrogen and oxygen atoms in total. The third-order valence-electron chi connectivity index (χ3n) is 6.43. The number of likely N-dealkylation sites (tertiary alicyclic amines) is 1. The number of hydrazine groups is 1. The molecule has 1 fully saturated rings. The standard InChI is InChI=1S/C28H36N4O5/c1-4-35-25-13-10-21(19-26(25)36-5-2)24-7-6-16-32(30-24)27(33)20-8-11-22(12-9-20)29-28(34)37-23-14-17-31(3)18-15-23/h6,8-13,16,19,23-24,30H,4-5,7,14-15,17-18H2,1-3H3,(H,29,34). The van der Waals surface area contributed by atoms with Gasteiger partial charge in [0.05, 0.1) is 19.3 Å². The van der Waals surface area contributed by atoms with Crippen LogP contribution in [0, 0.1) is 0 Å². The lowest BCUT2D eigenvalue weighted by Crippen LogP contribution is -2.43. The maximum Gasteiger partial charge on any atom is 0.411 e. The van der Waals surface area contributed by atoms with Crippen LogP contribution in [0.1, 0.15) is 55.1 Å². The van der Waals surface area contributed by atoms with Crippen LogP contribution >= 0.6 is 0 Å². The fourth-order valence-electron chi connectivity index (χ4n) is 4.42. The fraction of sp³-hybridized carbons (Fsp3) is 0.429. The van der Waals surface area contributed by atoms with Gasteiger partial charge in [0.15, 0.2) is 11.5 Å². The quantitative estimate of drug-likeness (QED) is 0.532. The Morgan fingerprint density at radius 2 is 1.70 bits per heavy atom. The third-order valence-corrected chi connectivity index (χ3v) is 6.43. The summed E-state index contributed by atoms with van der Waals surface area (Å²) in [6.45, 7) is 6.80. The van der Waals surface area contributed by atoms with Crippen molar-refractivity contribution in [2.75, 3.05) is 38.7 Å². The summed E-state index contributed by atoms with van der Waals surface area (Å²) in [7, 11) is 2.06. The van der Waals surface area contributed by atoms with Crippen LogP contribution in [0.3, 0.4) is 0 Å². The SMILES string of the molecule is CCOc1ccc(C2CC=CN(C(=O)c3ccc(NC(=O)OC4CCN(C)CC4)cc3)N2)cc1OCC. The van der Waals surface area contributed by atoms with E-state index in [0.717, 1.165) is 37.9 Å². The van der Waals surface area contributed by atoms with Crippen molar-refractivity contribution in [3.05, 3.63) is 65.9 Å². The topological polar surface area (TPSA) is 92.4 Å². The summed E-state index contributed by atoms with van der Waals surface area (Å²) in [6.07, 6.45) is 5.55. The lowest BCUT2D eigenvalue weighted by molar-refractivity contribution is 0.0661. The van der Waals surface area contributed by atoms with E-state index < -0.39 is 6.09 Å². The smallest absolute Gasteiger partial charge is 0.411 e. The maximum atomic E-state index is 13.2. The normalized spacial score (nSPS) is 18.4. The summed E-state index contributed by atoms with van der Waals surface area (Å²) < 4.78 is 16.9. The first-order valence-corrected chi connectivity index (χ1v) is 12.9. The number of amides is 2. The van der Waals surface area contributed by atoms with Gasteiger partial charge in [0.2, 0.25) is 0 Å². The number of hydrogen-bond acceptors (Lipinski definition) is 7. The summed E-state index contributed by atoms with van der Waals surface area (Å²) in [4.78, 5) is 27.6. The van der Waals surface area contributed by atoms with Crippen molar-refractivity contribution in [1.29, 1.82) is 0 Å². The second kappa shape index (κ2) is 12.6. The summed E-state index contributed by atoms with van der Waals surface area (Å²) in [5.74, 6) is 1.20. The van der Waals surface area contributed by atoms with Gasteiger partial charge < -0.3 is 19.1 Å². The summed E-state index contributed by atoms with van der Waals surface area (Å²) in [5.41, 5.74) is 5.36. The van der Waals surface area contributed by atoms with Gasteiger partial charge in [-0.25, -0.2) is 15.2 Å². The Bertz CT molecular complexity index is 1100. The molecular weight excluding hydrogens is 472 g/mol. The van der Waals surface area contributed by atoms with Crippen LogP contribution in [-0.2, 0) is 4.74 Å². The van der Waals surface area contributed by atoms with E-state index in [1.807, 2.05) is 38.1 Å². The maximum absolute atomic E-state index is 13.2. The van der Waals surface area contributed by atoms with E-state index >= 15 is 0 Å². The van der Waals surface area contributed by atoms with Gasteiger partial charge in [0.1, 0.15) is 6.10 Å². The zero-order chi connectivity index (χ0) is 26.2. The molecule has 2 amide bonds. The van der Waals surface area contributed by atoms with Crippen molar-refractivity contribution in [1.82, 2.24) is 15.3 Å². The minimum atomic E-state index is -0.473. The molecule has 9 heteroatoms. The zero-order valence-corrected chi connectivity index (χ0v) is 21.7. The number of hydrogen-bond donors (Lipinski definition) is 2. The van der Waals surface area contributed by atoms with Crippen LogP contribution in [-0.4, -0.2) is 61.4 Å². The van der Waals surface area contributed by atoms with E-state index in [1.165, 1.54) is 5.01 Å². The molecule has 1 unspecified atom stereocenters. The number of ether oxygens (including phenoxy) is 3. The van der Waals surface area contributed by atoms with Crippen molar-refractivity contribution < 1.29 is 23.8 Å². The minimum Gasteiger partial charge on any atom is -0.490 e. The molecule has 0 radical (unpaired) electrons. The molecule has 1 atom stereocenters. The highest BCUT2D eigenvalue weighted by molar-refractivity contribution is 5.95. The van der Waals surface area contributed by atoms with Crippen LogP contribution in [0.5, 0.6) is 11.5 Å². The Kier molecular flexibility index (Phi) is 9.03. The average Bonchev–Trinajstić information content (AvgIpc) is 2.91. The van der Waals surface area contributed by atoms with Gasteiger partial charge in [0.25, 0.3) is 5.91 Å². The second-order valence-electron chi connectivity index (χ2n) is 9.16. The van der Waals surface area contributed by atoms with Crippen molar-refractivity contribution in [2.45, 2.75) is 45.3 Å². The van der Waals surface area contributed by atoms with Crippen LogP contribution in [0.4, 0.5) is 10.5 Å². The highest BCUT2D eigenvalue weighted by Crippen LogP contribution is 2.33. The molecule has 0 saturated carbocycles. The van der Waals surface area contributed by atoms with Crippen molar-refractivity contribution in [3.8, 4) is 11.5 Å². The molecule has 2 aliphatic heterocycles. The predicted octanol–water partition coefficient (Wildman–Crippen LogP) is 4.73. The number of rotatable bonds is 8. The molecule has 0 aromatic heterocycles. The first-order valence-electron chi connectivity index (χ1n) is 12.9. The molecule has 198 valence electrons. The van der Waals surface area contributed by atoms with E-state index in [1.54, 1.807) is 30.5 Å². The Labute approximate surface area is 218 Å². The Hall–Kier alpha value is -3.56. The molecule has 2 aliphatic rings. The van der Waals surface area contributed by atoms with Crippen molar-refractivity contribution >= 4 is 17.7 Å². The molecule has 37 heavy (non-hydrogen) atoms. The van der Waals surface area contributed by atoms with Crippen LogP contribution < -0.4 is 20.2 Å². The number of anilines is 1. The van der Waals surface area contributed by atoms with Crippen LogP contribution in [0.15, 0.2) is 54.7 Å². The van der Waals surface area contributed by atoms with E-state index in [0.29, 0.717) is 36.0 Å². The number of piperidine rings is 1. The molecule has 1 saturated heterocycles. The minimum absolute atomic E-state index is 0.0676. The summed E-state index contributed by atoms with van der Waals surface area (Å²) in [6, 6.07) is 12.5. The fourth-order valence-corrected chi connectivity index (χ4v) is 4.42. The van der Waals surface area contributed by atoms with Crippen LogP contribution in [0.2, 0.25) is 0 Å². The van der Waals surface area contributed by atoms with Gasteiger partial charge in [-0.2, -0.15) is 0 Å².